The minimum absolute atomic E-state index is 0.0666. The third-order valence-corrected chi connectivity index (χ3v) is 2.56. The number of hydrogen-bond acceptors (Lipinski definition) is 3. The van der Waals surface area contributed by atoms with E-state index in [2.05, 4.69) is 0 Å². The summed E-state index contributed by atoms with van der Waals surface area (Å²) in [5.41, 5.74) is 0.112. The van der Waals surface area contributed by atoms with E-state index >= 15 is 0 Å². The maximum atomic E-state index is 13.6. The summed E-state index contributed by atoms with van der Waals surface area (Å²) in [6, 6.07) is 7.29. The van der Waals surface area contributed by atoms with Crippen molar-refractivity contribution < 1.29 is 28.5 Å². The number of carboxylic acids is 1. The molecule has 0 aromatic heterocycles. The molecule has 0 fully saturated rings. The van der Waals surface area contributed by atoms with Gasteiger partial charge in [-0.2, -0.15) is 0 Å². The summed E-state index contributed by atoms with van der Waals surface area (Å²) in [4.78, 5) is 10.6. The largest absolute Gasteiger partial charge is 0.508 e. The number of phenols is 1. The molecule has 0 amide bonds. The van der Waals surface area contributed by atoms with Gasteiger partial charge in [-0.3, -0.25) is 0 Å². The Balaban J connectivity index is 2.17. The van der Waals surface area contributed by atoms with Crippen molar-refractivity contribution in [3.8, 4) is 11.5 Å². The summed E-state index contributed by atoms with van der Waals surface area (Å²) < 4.78 is 32.1. The molecule has 20 heavy (non-hydrogen) atoms. The standard InChI is InChI=1S/C14H10F2O4/c15-11-5-9(14(18)19)6-12(16)13(11)20-7-8-1-3-10(17)4-2-8/h1-6,17H,7H2,(H,18,19). The molecule has 0 atom stereocenters. The number of rotatable bonds is 4. The number of benzene rings is 2. The van der Waals surface area contributed by atoms with Crippen molar-refractivity contribution in [3.05, 3.63) is 59.2 Å². The van der Waals surface area contributed by atoms with Gasteiger partial charge < -0.3 is 14.9 Å². The third kappa shape index (κ3) is 3.03. The van der Waals surface area contributed by atoms with Crippen LogP contribution in [-0.4, -0.2) is 16.2 Å². The van der Waals surface area contributed by atoms with E-state index in [1.165, 1.54) is 24.3 Å². The molecule has 0 saturated heterocycles. The lowest BCUT2D eigenvalue weighted by atomic mass is 10.2. The fraction of sp³-hybridized carbons (Fsp3) is 0.0714. The Kier molecular flexibility index (Phi) is 3.84. The quantitative estimate of drug-likeness (QED) is 0.903. The first-order chi connectivity index (χ1) is 9.47. The molecule has 4 nitrogen and oxygen atoms in total. The van der Waals surface area contributed by atoms with Crippen molar-refractivity contribution in [2.75, 3.05) is 0 Å². The van der Waals surface area contributed by atoms with Crippen LogP contribution in [0.2, 0.25) is 0 Å². The Hall–Kier alpha value is -2.63. The highest BCUT2D eigenvalue weighted by Crippen LogP contribution is 2.24. The molecular formula is C14H10F2O4. The normalized spacial score (nSPS) is 10.3. The van der Waals surface area contributed by atoms with Gasteiger partial charge in [0.05, 0.1) is 5.56 Å². The Morgan fingerprint density at radius 1 is 1.10 bits per heavy atom. The number of halogens is 2. The van der Waals surface area contributed by atoms with Gasteiger partial charge in [0.2, 0.25) is 0 Å². The fourth-order valence-electron chi connectivity index (χ4n) is 1.57. The van der Waals surface area contributed by atoms with E-state index in [1.54, 1.807) is 0 Å². The van der Waals surface area contributed by atoms with Gasteiger partial charge in [-0.25, -0.2) is 13.6 Å². The van der Waals surface area contributed by atoms with E-state index in [1.807, 2.05) is 0 Å². The lowest BCUT2D eigenvalue weighted by Gasteiger charge is -2.09. The zero-order valence-electron chi connectivity index (χ0n) is 10.1. The smallest absolute Gasteiger partial charge is 0.335 e. The average Bonchev–Trinajstić information content (AvgIpc) is 2.39. The maximum Gasteiger partial charge on any atom is 0.335 e. The van der Waals surface area contributed by atoms with Gasteiger partial charge in [-0.1, -0.05) is 12.1 Å². The topological polar surface area (TPSA) is 66.8 Å². The van der Waals surface area contributed by atoms with Crippen LogP contribution in [-0.2, 0) is 6.61 Å². The van der Waals surface area contributed by atoms with Crippen LogP contribution in [0.1, 0.15) is 15.9 Å². The first-order valence-corrected chi connectivity index (χ1v) is 5.60. The van der Waals surface area contributed by atoms with Gasteiger partial charge in [0.1, 0.15) is 12.4 Å². The molecule has 0 heterocycles. The molecule has 2 aromatic rings. The van der Waals surface area contributed by atoms with Crippen LogP contribution in [0.5, 0.6) is 11.5 Å². The van der Waals surface area contributed by atoms with E-state index in [4.69, 9.17) is 14.9 Å². The molecular weight excluding hydrogens is 270 g/mol. The number of aromatic carboxylic acids is 1. The van der Waals surface area contributed by atoms with Gasteiger partial charge in [-0.15, -0.1) is 0 Å². The lowest BCUT2D eigenvalue weighted by Crippen LogP contribution is -2.03. The molecule has 2 aromatic carbocycles. The number of hydrogen-bond donors (Lipinski definition) is 2. The van der Waals surface area contributed by atoms with E-state index in [-0.39, 0.29) is 12.4 Å². The second-order valence-corrected chi connectivity index (χ2v) is 4.03. The summed E-state index contributed by atoms with van der Waals surface area (Å²) in [6.45, 7) is -0.111. The molecule has 0 saturated carbocycles. The fourth-order valence-corrected chi connectivity index (χ4v) is 1.57. The van der Waals surface area contributed by atoms with Gasteiger partial charge >= 0.3 is 5.97 Å². The minimum Gasteiger partial charge on any atom is -0.508 e. The van der Waals surface area contributed by atoms with Crippen LogP contribution in [0.3, 0.4) is 0 Å². The highest BCUT2D eigenvalue weighted by Gasteiger charge is 2.16. The van der Waals surface area contributed by atoms with Crippen LogP contribution in [0.15, 0.2) is 36.4 Å². The molecule has 104 valence electrons. The Morgan fingerprint density at radius 3 is 2.15 bits per heavy atom. The molecule has 0 aliphatic heterocycles. The zero-order valence-corrected chi connectivity index (χ0v) is 10.1. The van der Waals surface area contributed by atoms with Crippen molar-refractivity contribution in [1.29, 1.82) is 0 Å². The molecule has 0 bridgehead atoms. The summed E-state index contributed by atoms with van der Waals surface area (Å²) in [5, 5.41) is 17.8. The zero-order chi connectivity index (χ0) is 14.7. The highest BCUT2D eigenvalue weighted by molar-refractivity contribution is 5.87. The minimum atomic E-state index is -1.42. The van der Waals surface area contributed by atoms with Crippen molar-refractivity contribution in [1.82, 2.24) is 0 Å². The van der Waals surface area contributed by atoms with Crippen molar-refractivity contribution in [2.24, 2.45) is 0 Å². The van der Waals surface area contributed by atoms with Gasteiger partial charge in [0, 0.05) is 0 Å². The number of ether oxygens (including phenoxy) is 1. The monoisotopic (exact) mass is 280 g/mol. The van der Waals surface area contributed by atoms with Gasteiger partial charge in [0.25, 0.3) is 0 Å². The molecule has 6 heteroatoms. The first kappa shape index (κ1) is 13.8. The molecule has 0 radical (unpaired) electrons. The number of carbonyl (C=O) groups is 1. The highest BCUT2D eigenvalue weighted by atomic mass is 19.1. The molecule has 0 aliphatic rings. The Bertz CT molecular complexity index is 615. The van der Waals surface area contributed by atoms with Crippen LogP contribution in [0.25, 0.3) is 0 Å². The second kappa shape index (κ2) is 5.56. The number of carboxylic acid groups (broad SMARTS) is 1. The Labute approximate surface area is 112 Å². The average molecular weight is 280 g/mol. The van der Waals surface area contributed by atoms with Gasteiger partial charge in [0.15, 0.2) is 17.4 Å². The van der Waals surface area contributed by atoms with E-state index in [9.17, 15) is 13.6 Å². The molecule has 0 aliphatic carbocycles. The van der Waals surface area contributed by atoms with E-state index in [0.717, 1.165) is 0 Å². The molecule has 2 rings (SSSR count). The van der Waals surface area contributed by atoms with Gasteiger partial charge in [-0.05, 0) is 29.8 Å². The predicted molar refractivity (Wildman–Crippen MR) is 65.8 cm³/mol. The van der Waals surface area contributed by atoms with Crippen molar-refractivity contribution in [3.63, 3.8) is 0 Å². The summed E-state index contributed by atoms with van der Waals surface area (Å²) in [7, 11) is 0. The van der Waals surface area contributed by atoms with E-state index < -0.39 is 28.9 Å². The summed E-state index contributed by atoms with van der Waals surface area (Å²) in [6.07, 6.45) is 0. The van der Waals surface area contributed by atoms with E-state index in [0.29, 0.717) is 17.7 Å². The number of aromatic hydroxyl groups is 1. The first-order valence-electron chi connectivity index (χ1n) is 5.60. The van der Waals surface area contributed by atoms with Crippen molar-refractivity contribution in [2.45, 2.75) is 6.61 Å². The third-order valence-electron chi connectivity index (χ3n) is 2.56. The Morgan fingerprint density at radius 2 is 1.65 bits per heavy atom. The van der Waals surface area contributed by atoms with Crippen LogP contribution in [0, 0.1) is 11.6 Å². The van der Waals surface area contributed by atoms with Crippen LogP contribution >= 0.6 is 0 Å². The van der Waals surface area contributed by atoms with Crippen LogP contribution in [0.4, 0.5) is 8.78 Å². The summed E-state index contributed by atoms with van der Waals surface area (Å²) in [5.74, 6) is -4.16. The summed E-state index contributed by atoms with van der Waals surface area (Å²) >= 11 is 0. The van der Waals surface area contributed by atoms with Crippen LogP contribution < -0.4 is 4.74 Å². The maximum absolute atomic E-state index is 13.6. The molecule has 0 spiro atoms. The number of phenolic OH excluding ortho intramolecular Hbond substituents is 1. The molecule has 2 N–H and O–H groups in total. The molecule has 0 unspecified atom stereocenters. The SMILES string of the molecule is O=C(O)c1cc(F)c(OCc2ccc(O)cc2)c(F)c1. The predicted octanol–water partition coefficient (Wildman–Crippen LogP) is 2.95. The second-order valence-electron chi connectivity index (χ2n) is 4.03. The lowest BCUT2D eigenvalue weighted by molar-refractivity contribution is 0.0695. The van der Waals surface area contributed by atoms with Crippen molar-refractivity contribution >= 4 is 5.97 Å².